The number of rotatable bonds is 3. The summed E-state index contributed by atoms with van der Waals surface area (Å²) >= 11 is 17.9. The van der Waals surface area contributed by atoms with Gasteiger partial charge in [0.1, 0.15) is 0 Å². The van der Waals surface area contributed by atoms with Gasteiger partial charge in [0, 0.05) is 21.5 Å². The van der Waals surface area contributed by atoms with Crippen molar-refractivity contribution in [1.29, 1.82) is 0 Å². The molecule has 2 rings (SSSR count). The molecule has 1 aliphatic rings. The lowest BCUT2D eigenvalue weighted by Gasteiger charge is -2.36. The predicted molar refractivity (Wildman–Crippen MR) is 80.5 cm³/mol. The van der Waals surface area contributed by atoms with Gasteiger partial charge in [-0.05, 0) is 31.0 Å². The van der Waals surface area contributed by atoms with Gasteiger partial charge in [0.2, 0.25) is 0 Å². The van der Waals surface area contributed by atoms with Gasteiger partial charge >= 0.3 is 0 Å². The van der Waals surface area contributed by atoms with E-state index in [9.17, 15) is 4.79 Å². The summed E-state index contributed by atoms with van der Waals surface area (Å²) < 4.78 is 0. The van der Waals surface area contributed by atoms with E-state index in [0.29, 0.717) is 21.5 Å². The van der Waals surface area contributed by atoms with E-state index in [2.05, 4.69) is 5.32 Å². The predicted octanol–water partition coefficient (Wildman–Crippen LogP) is 4.66. The fourth-order valence-electron chi connectivity index (χ4n) is 2.52. The van der Waals surface area contributed by atoms with Gasteiger partial charge in [0.15, 0.2) is 0 Å². The molecular formula is C14H16Cl3NO. The first-order valence-corrected chi connectivity index (χ1v) is 7.68. The third-order valence-electron chi connectivity index (χ3n) is 3.57. The normalized spacial score (nSPS) is 18.1. The highest BCUT2D eigenvalue weighted by atomic mass is 35.5. The molecule has 1 saturated carbocycles. The van der Waals surface area contributed by atoms with E-state index >= 15 is 0 Å². The number of nitrogens with one attached hydrogen (secondary N) is 1. The zero-order valence-electron chi connectivity index (χ0n) is 10.5. The van der Waals surface area contributed by atoms with E-state index < -0.39 is 0 Å². The quantitative estimate of drug-likeness (QED) is 0.806. The van der Waals surface area contributed by atoms with Crippen LogP contribution in [0.25, 0.3) is 0 Å². The van der Waals surface area contributed by atoms with Gasteiger partial charge in [-0.3, -0.25) is 4.79 Å². The SMILES string of the molecule is O=C(NC1(CCl)CCCCC1)c1cc(Cl)cc(Cl)c1. The molecule has 1 aromatic rings. The van der Waals surface area contributed by atoms with E-state index in [-0.39, 0.29) is 11.4 Å². The highest BCUT2D eigenvalue weighted by molar-refractivity contribution is 6.35. The average molecular weight is 321 g/mol. The summed E-state index contributed by atoms with van der Waals surface area (Å²) in [4.78, 5) is 12.3. The molecule has 2 nitrogen and oxygen atoms in total. The third kappa shape index (κ3) is 3.77. The molecule has 0 unspecified atom stereocenters. The lowest BCUT2D eigenvalue weighted by molar-refractivity contribution is 0.0885. The monoisotopic (exact) mass is 319 g/mol. The topological polar surface area (TPSA) is 29.1 Å². The maximum Gasteiger partial charge on any atom is 0.251 e. The molecule has 1 fully saturated rings. The minimum Gasteiger partial charge on any atom is -0.345 e. The summed E-state index contributed by atoms with van der Waals surface area (Å²) in [6.07, 6.45) is 5.26. The second kappa shape index (κ2) is 6.34. The maximum atomic E-state index is 12.3. The van der Waals surface area contributed by atoms with E-state index in [4.69, 9.17) is 34.8 Å². The molecule has 1 aliphatic carbocycles. The van der Waals surface area contributed by atoms with Crippen molar-refractivity contribution in [3.63, 3.8) is 0 Å². The average Bonchev–Trinajstić information content (AvgIpc) is 2.38. The van der Waals surface area contributed by atoms with Crippen LogP contribution in [0.5, 0.6) is 0 Å². The van der Waals surface area contributed by atoms with E-state index in [1.807, 2.05) is 0 Å². The van der Waals surface area contributed by atoms with Gasteiger partial charge in [-0.1, -0.05) is 42.5 Å². The van der Waals surface area contributed by atoms with Gasteiger partial charge in [-0.2, -0.15) is 0 Å². The number of hydrogen-bond acceptors (Lipinski definition) is 1. The second-order valence-corrected chi connectivity index (χ2v) is 6.23. The van der Waals surface area contributed by atoms with E-state index in [1.54, 1.807) is 18.2 Å². The molecule has 1 aromatic carbocycles. The Kier molecular flexibility index (Phi) is 4.99. The molecule has 0 aliphatic heterocycles. The summed E-state index contributed by atoms with van der Waals surface area (Å²) in [7, 11) is 0. The first-order chi connectivity index (χ1) is 9.04. The Morgan fingerprint density at radius 2 is 1.68 bits per heavy atom. The number of carbonyl (C=O) groups is 1. The minimum absolute atomic E-state index is 0.160. The van der Waals surface area contributed by atoms with E-state index in [0.717, 1.165) is 25.7 Å². The molecular weight excluding hydrogens is 305 g/mol. The van der Waals surface area contributed by atoms with Crippen LogP contribution < -0.4 is 5.32 Å². The van der Waals surface area contributed by atoms with Crippen molar-refractivity contribution in [2.24, 2.45) is 0 Å². The van der Waals surface area contributed by atoms with Crippen LogP contribution in [0.15, 0.2) is 18.2 Å². The Hall–Kier alpha value is -0.440. The third-order valence-corrected chi connectivity index (χ3v) is 4.52. The van der Waals surface area contributed by atoms with Crippen LogP contribution in [-0.4, -0.2) is 17.3 Å². The van der Waals surface area contributed by atoms with Crippen molar-refractivity contribution >= 4 is 40.7 Å². The lowest BCUT2D eigenvalue weighted by Crippen LogP contribution is -2.51. The zero-order chi connectivity index (χ0) is 13.9. The van der Waals surface area contributed by atoms with Crippen LogP contribution in [0.2, 0.25) is 10.0 Å². The highest BCUT2D eigenvalue weighted by Gasteiger charge is 2.33. The molecule has 0 radical (unpaired) electrons. The Labute approximate surface area is 128 Å². The summed E-state index contributed by atoms with van der Waals surface area (Å²) in [5.41, 5.74) is 0.193. The van der Waals surface area contributed by atoms with Gasteiger partial charge < -0.3 is 5.32 Å². The van der Waals surface area contributed by atoms with Gasteiger partial charge in [-0.25, -0.2) is 0 Å². The molecule has 0 saturated heterocycles. The van der Waals surface area contributed by atoms with Gasteiger partial charge in [0.25, 0.3) is 5.91 Å². The van der Waals surface area contributed by atoms with Crippen molar-refractivity contribution in [1.82, 2.24) is 5.32 Å². The molecule has 1 N–H and O–H groups in total. The number of benzene rings is 1. The number of hydrogen-bond donors (Lipinski definition) is 1. The number of halogens is 3. The first-order valence-electron chi connectivity index (χ1n) is 6.39. The number of carbonyl (C=O) groups excluding carboxylic acids is 1. The Balaban J connectivity index is 2.15. The maximum absolute atomic E-state index is 12.3. The molecule has 104 valence electrons. The Bertz CT molecular complexity index is 450. The van der Waals surface area contributed by atoms with Gasteiger partial charge in [0.05, 0.1) is 5.54 Å². The van der Waals surface area contributed by atoms with Crippen LogP contribution >= 0.6 is 34.8 Å². The molecule has 0 atom stereocenters. The van der Waals surface area contributed by atoms with Crippen LogP contribution in [-0.2, 0) is 0 Å². The molecule has 5 heteroatoms. The molecule has 0 heterocycles. The number of amides is 1. The van der Waals surface area contributed by atoms with Crippen LogP contribution in [0, 0.1) is 0 Å². The largest absolute Gasteiger partial charge is 0.345 e. The standard InChI is InChI=1S/C14H16Cl3NO/c15-9-14(4-2-1-3-5-14)18-13(19)10-6-11(16)8-12(17)7-10/h6-8H,1-5,9H2,(H,18,19). The second-order valence-electron chi connectivity index (χ2n) is 5.09. The fourth-order valence-corrected chi connectivity index (χ4v) is 3.38. The van der Waals surface area contributed by atoms with Crippen molar-refractivity contribution in [2.45, 2.75) is 37.6 Å². The summed E-state index contributed by atoms with van der Waals surface area (Å²) in [6.45, 7) is 0. The summed E-state index contributed by atoms with van der Waals surface area (Å²) in [6, 6.07) is 4.85. The minimum atomic E-state index is -0.286. The van der Waals surface area contributed by atoms with Crippen LogP contribution in [0.1, 0.15) is 42.5 Å². The molecule has 1 amide bonds. The van der Waals surface area contributed by atoms with Crippen molar-refractivity contribution < 1.29 is 4.79 Å². The van der Waals surface area contributed by atoms with E-state index in [1.165, 1.54) is 6.42 Å². The van der Waals surface area contributed by atoms with Crippen LogP contribution in [0.4, 0.5) is 0 Å². The Morgan fingerprint density at radius 3 is 2.21 bits per heavy atom. The summed E-state index contributed by atoms with van der Waals surface area (Å²) in [5.74, 6) is 0.277. The molecule has 19 heavy (non-hydrogen) atoms. The molecule has 0 bridgehead atoms. The highest BCUT2D eigenvalue weighted by Crippen LogP contribution is 2.30. The lowest BCUT2D eigenvalue weighted by atomic mass is 9.83. The zero-order valence-corrected chi connectivity index (χ0v) is 12.8. The summed E-state index contributed by atoms with van der Waals surface area (Å²) in [5, 5.41) is 3.98. The van der Waals surface area contributed by atoms with Crippen LogP contribution in [0.3, 0.4) is 0 Å². The molecule has 0 aromatic heterocycles. The Morgan fingerprint density at radius 1 is 1.11 bits per heavy atom. The van der Waals surface area contributed by atoms with Crippen molar-refractivity contribution in [2.75, 3.05) is 5.88 Å². The van der Waals surface area contributed by atoms with Crippen molar-refractivity contribution in [3.8, 4) is 0 Å². The molecule has 0 spiro atoms. The first kappa shape index (κ1) is 15.0. The smallest absolute Gasteiger partial charge is 0.251 e. The van der Waals surface area contributed by atoms with Crippen molar-refractivity contribution in [3.05, 3.63) is 33.8 Å². The fraction of sp³-hybridized carbons (Fsp3) is 0.500. The number of alkyl halides is 1. The van der Waals surface area contributed by atoms with Gasteiger partial charge in [-0.15, -0.1) is 11.6 Å².